The molecule has 1 N–H and O–H groups in total. The Morgan fingerprint density at radius 2 is 1.77 bits per heavy atom. The molecule has 1 saturated heterocycles. The third-order valence-electron chi connectivity index (χ3n) is 6.08. The Balaban J connectivity index is 1.70. The smallest absolute Gasteiger partial charge is 0.256 e. The molecule has 0 spiro atoms. The van der Waals surface area contributed by atoms with Gasteiger partial charge in [0.15, 0.2) is 0 Å². The lowest BCUT2D eigenvalue weighted by Crippen LogP contribution is -2.47. The number of likely N-dealkylation sites (N-methyl/N-ethyl adjacent to an activating group) is 1. The molecule has 0 atom stereocenters. The van der Waals surface area contributed by atoms with Crippen LogP contribution >= 0.6 is 0 Å². The molecule has 1 aliphatic heterocycles. The third kappa shape index (κ3) is 3.09. The zero-order valence-corrected chi connectivity index (χ0v) is 17.3. The number of imidazole rings is 1. The molecule has 152 valence electrons. The van der Waals surface area contributed by atoms with E-state index in [1.165, 1.54) is 5.39 Å². The fraction of sp³-hybridized carbons (Fsp3) is 0.250. The van der Waals surface area contributed by atoms with Crippen LogP contribution in [0.5, 0.6) is 0 Å². The normalized spacial score (nSPS) is 15.1. The van der Waals surface area contributed by atoms with E-state index in [2.05, 4.69) is 58.4 Å². The molecule has 0 saturated carbocycles. The molecule has 0 bridgehead atoms. The largest absolute Gasteiger partial charge is 0.336 e. The van der Waals surface area contributed by atoms with E-state index in [1.54, 1.807) is 12.5 Å². The number of carbonyl (C=O) groups is 1. The fourth-order valence-electron chi connectivity index (χ4n) is 4.34. The van der Waals surface area contributed by atoms with Crippen LogP contribution in [0.4, 0.5) is 0 Å². The summed E-state index contributed by atoms with van der Waals surface area (Å²) in [5.41, 5.74) is 3.73. The molecular weight excluding hydrogens is 374 g/mol. The number of benzene rings is 2. The molecule has 6 heteroatoms. The van der Waals surface area contributed by atoms with Crippen molar-refractivity contribution in [3.63, 3.8) is 0 Å². The van der Waals surface area contributed by atoms with Crippen LogP contribution in [-0.4, -0.2) is 63.5 Å². The molecule has 1 amide bonds. The van der Waals surface area contributed by atoms with Crippen molar-refractivity contribution in [2.45, 2.75) is 6.92 Å². The number of rotatable bonds is 3. The topological polar surface area (TPSA) is 57.2 Å². The van der Waals surface area contributed by atoms with Crippen LogP contribution in [-0.2, 0) is 0 Å². The Bertz CT molecular complexity index is 1190. The molecule has 1 aliphatic rings. The summed E-state index contributed by atoms with van der Waals surface area (Å²) in [7, 11) is 2.10. The zero-order chi connectivity index (χ0) is 20.7. The number of hydrogen-bond acceptors (Lipinski definition) is 3. The monoisotopic (exact) mass is 399 g/mol. The Labute approximate surface area is 175 Å². The van der Waals surface area contributed by atoms with Gasteiger partial charge in [-0.1, -0.05) is 42.5 Å². The number of piperazine rings is 1. The molecule has 5 rings (SSSR count). The molecule has 30 heavy (non-hydrogen) atoms. The van der Waals surface area contributed by atoms with Gasteiger partial charge in [0.1, 0.15) is 5.82 Å². The number of nitrogens with one attached hydrogen (secondary N) is 1. The van der Waals surface area contributed by atoms with E-state index in [0.29, 0.717) is 0 Å². The fourth-order valence-corrected chi connectivity index (χ4v) is 4.34. The molecule has 0 radical (unpaired) electrons. The van der Waals surface area contributed by atoms with E-state index in [9.17, 15) is 4.79 Å². The summed E-state index contributed by atoms with van der Waals surface area (Å²) in [6, 6.07) is 14.6. The SMILES string of the molecule is Cc1c(C(=O)N2CCN(C)CC2)c(-c2cccc3ccccc23)cn1-c1cnc[nH]1. The van der Waals surface area contributed by atoms with Crippen LogP contribution in [0.3, 0.4) is 0 Å². The third-order valence-corrected chi connectivity index (χ3v) is 6.08. The molecular formula is C24H25N5O. The van der Waals surface area contributed by atoms with Gasteiger partial charge in [0.05, 0.1) is 18.1 Å². The lowest BCUT2D eigenvalue weighted by Gasteiger charge is -2.32. The minimum absolute atomic E-state index is 0.0989. The summed E-state index contributed by atoms with van der Waals surface area (Å²) < 4.78 is 2.04. The highest BCUT2D eigenvalue weighted by Crippen LogP contribution is 2.35. The molecule has 2 aromatic carbocycles. The molecule has 3 heterocycles. The first-order chi connectivity index (χ1) is 14.6. The van der Waals surface area contributed by atoms with E-state index in [-0.39, 0.29) is 5.91 Å². The van der Waals surface area contributed by atoms with Crippen molar-refractivity contribution in [2.75, 3.05) is 33.2 Å². The second-order valence-electron chi connectivity index (χ2n) is 7.93. The first kappa shape index (κ1) is 18.6. The van der Waals surface area contributed by atoms with Gasteiger partial charge in [-0.25, -0.2) is 4.98 Å². The van der Waals surface area contributed by atoms with Crippen LogP contribution in [0.15, 0.2) is 61.2 Å². The Kier molecular flexibility index (Phi) is 4.64. The lowest BCUT2D eigenvalue weighted by molar-refractivity contribution is 0.0664. The van der Waals surface area contributed by atoms with Crippen molar-refractivity contribution in [1.82, 2.24) is 24.3 Å². The Morgan fingerprint density at radius 3 is 2.53 bits per heavy atom. The van der Waals surface area contributed by atoms with Gasteiger partial charge in [-0.3, -0.25) is 4.79 Å². The van der Waals surface area contributed by atoms with Gasteiger partial charge in [0.25, 0.3) is 5.91 Å². The van der Waals surface area contributed by atoms with Crippen LogP contribution in [0, 0.1) is 6.92 Å². The van der Waals surface area contributed by atoms with Crippen LogP contribution in [0.1, 0.15) is 16.1 Å². The number of nitrogens with zero attached hydrogens (tertiary/aromatic N) is 4. The second kappa shape index (κ2) is 7.46. The van der Waals surface area contributed by atoms with E-state index >= 15 is 0 Å². The summed E-state index contributed by atoms with van der Waals surface area (Å²) in [6.45, 7) is 5.31. The summed E-state index contributed by atoms with van der Waals surface area (Å²) in [4.78, 5) is 25.3. The minimum Gasteiger partial charge on any atom is -0.336 e. The van der Waals surface area contributed by atoms with Crippen LogP contribution in [0.25, 0.3) is 27.7 Å². The van der Waals surface area contributed by atoms with E-state index in [0.717, 1.165) is 59.8 Å². The predicted molar refractivity (Wildman–Crippen MR) is 119 cm³/mol. The van der Waals surface area contributed by atoms with Crippen molar-refractivity contribution in [3.8, 4) is 16.9 Å². The highest BCUT2D eigenvalue weighted by atomic mass is 16.2. The molecule has 2 aromatic heterocycles. The summed E-state index contributed by atoms with van der Waals surface area (Å²) in [5, 5.41) is 2.31. The first-order valence-corrected chi connectivity index (χ1v) is 10.3. The van der Waals surface area contributed by atoms with Crippen molar-refractivity contribution in [3.05, 3.63) is 72.4 Å². The molecule has 6 nitrogen and oxygen atoms in total. The van der Waals surface area contributed by atoms with Crippen LogP contribution in [0.2, 0.25) is 0 Å². The van der Waals surface area contributed by atoms with Gasteiger partial charge in [0, 0.05) is 43.6 Å². The molecule has 4 aromatic rings. The van der Waals surface area contributed by atoms with Gasteiger partial charge in [-0.15, -0.1) is 0 Å². The summed E-state index contributed by atoms with van der Waals surface area (Å²) in [6.07, 6.45) is 5.51. The van der Waals surface area contributed by atoms with E-state index in [4.69, 9.17) is 0 Å². The van der Waals surface area contributed by atoms with Crippen molar-refractivity contribution >= 4 is 16.7 Å². The first-order valence-electron chi connectivity index (χ1n) is 10.3. The zero-order valence-electron chi connectivity index (χ0n) is 17.3. The van der Waals surface area contributed by atoms with E-state index in [1.807, 2.05) is 28.5 Å². The molecule has 1 fully saturated rings. The van der Waals surface area contributed by atoms with Crippen LogP contribution < -0.4 is 0 Å². The highest BCUT2D eigenvalue weighted by molar-refractivity contribution is 6.07. The maximum absolute atomic E-state index is 13.7. The molecule has 0 aliphatic carbocycles. The minimum atomic E-state index is 0.0989. The average Bonchev–Trinajstić information content (AvgIpc) is 3.41. The number of carbonyl (C=O) groups excluding carboxylic acids is 1. The standard InChI is InChI=1S/C24H25N5O/c1-17-23(24(30)28-12-10-27(2)11-13-28)21(15-29(17)22-14-25-16-26-22)20-9-5-7-18-6-3-4-8-19(18)20/h3-9,14-16H,10-13H2,1-2H3,(H,25,26). The Hall–Kier alpha value is -3.38. The average molecular weight is 399 g/mol. The Morgan fingerprint density at radius 1 is 1.00 bits per heavy atom. The maximum Gasteiger partial charge on any atom is 0.256 e. The number of aromatic nitrogens is 3. The quantitative estimate of drug-likeness (QED) is 0.571. The molecule has 0 unspecified atom stereocenters. The number of amides is 1. The van der Waals surface area contributed by atoms with Gasteiger partial charge < -0.3 is 19.4 Å². The van der Waals surface area contributed by atoms with Crippen molar-refractivity contribution in [2.24, 2.45) is 0 Å². The van der Waals surface area contributed by atoms with Gasteiger partial charge >= 0.3 is 0 Å². The van der Waals surface area contributed by atoms with Gasteiger partial charge in [0.2, 0.25) is 0 Å². The number of aromatic amines is 1. The number of fused-ring (bicyclic) bond motifs is 1. The summed E-state index contributed by atoms with van der Waals surface area (Å²) in [5.74, 6) is 0.952. The predicted octanol–water partition coefficient (Wildman–Crippen LogP) is 3.72. The lowest BCUT2D eigenvalue weighted by atomic mass is 9.96. The van der Waals surface area contributed by atoms with E-state index < -0.39 is 0 Å². The second-order valence-corrected chi connectivity index (χ2v) is 7.93. The van der Waals surface area contributed by atoms with Gasteiger partial charge in [-0.05, 0) is 30.3 Å². The number of H-pyrrole nitrogens is 1. The maximum atomic E-state index is 13.7. The number of hydrogen-bond donors (Lipinski definition) is 1. The highest BCUT2D eigenvalue weighted by Gasteiger charge is 2.28. The van der Waals surface area contributed by atoms with Gasteiger partial charge in [-0.2, -0.15) is 0 Å². The van der Waals surface area contributed by atoms with Crippen molar-refractivity contribution < 1.29 is 4.79 Å². The summed E-state index contributed by atoms with van der Waals surface area (Å²) >= 11 is 0. The van der Waals surface area contributed by atoms with Crippen molar-refractivity contribution in [1.29, 1.82) is 0 Å².